The fourth-order valence-corrected chi connectivity index (χ4v) is 3.22. The second-order valence-electron chi connectivity index (χ2n) is 5.91. The molecule has 0 bridgehead atoms. The van der Waals surface area contributed by atoms with E-state index < -0.39 is 6.04 Å². The predicted molar refractivity (Wildman–Crippen MR) is 110 cm³/mol. The van der Waals surface area contributed by atoms with Crippen LogP contribution in [0.15, 0.2) is 60.0 Å². The molecule has 0 fully saturated rings. The number of nitriles is 1. The fraction of sp³-hybridized carbons (Fsp3) is 0.143. The number of anilines is 2. The first kappa shape index (κ1) is 19.3. The highest BCUT2D eigenvalue weighted by Gasteiger charge is 2.15. The molecular weight excluding hydrogens is 374 g/mol. The van der Waals surface area contributed by atoms with E-state index in [0.717, 1.165) is 5.69 Å². The van der Waals surface area contributed by atoms with Crippen molar-refractivity contribution < 1.29 is 14.3 Å². The van der Waals surface area contributed by atoms with Crippen molar-refractivity contribution in [2.75, 3.05) is 17.7 Å². The van der Waals surface area contributed by atoms with E-state index in [4.69, 9.17) is 14.7 Å². The van der Waals surface area contributed by atoms with Gasteiger partial charge in [-0.15, -0.1) is 11.3 Å². The summed E-state index contributed by atoms with van der Waals surface area (Å²) in [7, 11) is 1.59. The van der Waals surface area contributed by atoms with E-state index >= 15 is 0 Å². The van der Waals surface area contributed by atoms with Gasteiger partial charge in [0.1, 0.15) is 22.9 Å². The Morgan fingerprint density at radius 3 is 2.50 bits per heavy atom. The highest BCUT2D eigenvalue weighted by atomic mass is 32.1. The van der Waals surface area contributed by atoms with Crippen LogP contribution in [0.2, 0.25) is 0 Å². The number of amides is 1. The van der Waals surface area contributed by atoms with Gasteiger partial charge in [-0.3, -0.25) is 4.79 Å². The predicted octanol–water partition coefficient (Wildman–Crippen LogP) is 4.86. The third-order valence-electron chi connectivity index (χ3n) is 3.95. The molecule has 0 spiro atoms. The van der Waals surface area contributed by atoms with Crippen LogP contribution in [-0.2, 0) is 4.79 Å². The monoisotopic (exact) mass is 393 g/mol. The second kappa shape index (κ2) is 8.93. The van der Waals surface area contributed by atoms with Crippen LogP contribution in [0.5, 0.6) is 17.2 Å². The average molecular weight is 393 g/mol. The molecule has 1 amide bonds. The Balaban J connectivity index is 1.60. The molecule has 6 nitrogen and oxygen atoms in total. The van der Waals surface area contributed by atoms with Crippen molar-refractivity contribution in [2.45, 2.75) is 13.0 Å². The third kappa shape index (κ3) is 4.61. The van der Waals surface area contributed by atoms with Crippen LogP contribution in [0, 0.1) is 11.3 Å². The van der Waals surface area contributed by atoms with E-state index in [9.17, 15) is 4.79 Å². The van der Waals surface area contributed by atoms with Gasteiger partial charge in [0.15, 0.2) is 11.5 Å². The lowest BCUT2D eigenvalue weighted by Gasteiger charge is -2.15. The minimum Gasteiger partial charge on any atom is -0.493 e. The zero-order valence-corrected chi connectivity index (χ0v) is 16.2. The number of carbonyl (C=O) groups excluding carboxylic acids is 1. The summed E-state index contributed by atoms with van der Waals surface area (Å²) in [4.78, 5) is 12.3. The maximum Gasteiger partial charge on any atom is 0.247 e. The molecule has 0 unspecified atom stereocenters. The molecule has 1 aromatic heterocycles. The van der Waals surface area contributed by atoms with Gasteiger partial charge in [-0.05, 0) is 54.8 Å². The number of para-hydroxylation sites is 2. The van der Waals surface area contributed by atoms with E-state index in [1.807, 2.05) is 48.5 Å². The summed E-state index contributed by atoms with van der Waals surface area (Å²) in [6, 6.07) is 18.0. The minimum absolute atomic E-state index is 0.215. The summed E-state index contributed by atoms with van der Waals surface area (Å²) in [5.74, 6) is 1.72. The summed E-state index contributed by atoms with van der Waals surface area (Å²) in [6.45, 7) is 1.76. The summed E-state index contributed by atoms with van der Waals surface area (Å²) in [5, 5.41) is 17.3. The highest BCUT2D eigenvalue weighted by Crippen LogP contribution is 2.31. The molecule has 0 saturated carbocycles. The van der Waals surface area contributed by atoms with Gasteiger partial charge < -0.3 is 20.1 Å². The Kier molecular flexibility index (Phi) is 6.14. The zero-order valence-electron chi connectivity index (χ0n) is 15.4. The lowest BCUT2D eigenvalue weighted by Crippen LogP contribution is -2.31. The molecule has 2 N–H and O–H groups in total. The molecule has 1 atom stereocenters. The summed E-state index contributed by atoms with van der Waals surface area (Å²) in [6.07, 6.45) is 0. The molecule has 0 saturated heterocycles. The van der Waals surface area contributed by atoms with E-state index in [1.54, 1.807) is 25.5 Å². The van der Waals surface area contributed by atoms with Gasteiger partial charge in [-0.1, -0.05) is 12.1 Å². The van der Waals surface area contributed by atoms with Crippen LogP contribution >= 0.6 is 11.3 Å². The first-order valence-corrected chi connectivity index (χ1v) is 9.44. The normalized spacial score (nSPS) is 11.2. The van der Waals surface area contributed by atoms with Crippen molar-refractivity contribution in [1.29, 1.82) is 5.26 Å². The quantitative estimate of drug-likeness (QED) is 0.599. The van der Waals surface area contributed by atoms with E-state index in [2.05, 4.69) is 16.7 Å². The van der Waals surface area contributed by atoms with Gasteiger partial charge in [-0.25, -0.2) is 0 Å². The van der Waals surface area contributed by atoms with Crippen LogP contribution in [0.1, 0.15) is 12.5 Å². The molecule has 3 aromatic rings. The van der Waals surface area contributed by atoms with E-state index in [0.29, 0.717) is 27.8 Å². The van der Waals surface area contributed by atoms with Gasteiger partial charge in [0, 0.05) is 5.69 Å². The number of rotatable bonds is 7. The number of methoxy groups -OCH3 is 1. The molecule has 28 heavy (non-hydrogen) atoms. The summed E-state index contributed by atoms with van der Waals surface area (Å²) < 4.78 is 11.1. The van der Waals surface area contributed by atoms with Gasteiger partial charge in [0.05, 0.1) is 12.7 Å². The van der Waals surface area contributed by atoms with Crippen LogP contribution in [-0.4, -0.2) is 19.1 Å². The van der Waals surface area contributed by atoms with Gasteiger partial charge >= 0.3 is 0 Å². The number of nitrogens with zero attached hydrogens (tertiary/aromatic N) is 1. The number of ether oxygens (including phenoxy) is 2. The largest absolute Gasteiger partial charge is 0.493 e. The molecule has 7 heteroatoms. The van der Waals surface area contributed by atoms with Crippen molar-refractivity contribution in [3.05, 3.63) is 65.5 Å². The first-order chi connectivity index (χ1) is 13.6. The van der Waals surface area contributed by atoms with Crippen LogP contribution in [0.25, 0.3) is 0 Å². The Morgan fingerprint density at radius 2 is 1.82 bits per heavy atom. The van der Waals surface area contributed by atoms with Crippen molar-refractivity contribution in [3.8, 4) is 23.3 Å². The maximum absolute atomic E-state index is 12.3. The van der Waals surface area contributed by atoms with E-state index in [-0.39, 0.29) is 5.91 Å². The summed E-state index contributed by atoms with van der Waals surface area (Å²) in [5.41, 5.74) is 1.24. The molecule has 0 radical (unpaired) electrons. The first-order valence-electron chi connectivity index (χ1n) is 8.56. The Bertz CT molecular complexity index is 993. The fourth-order valence-electron chi connectivity index (χ4n) is 2.48. The molecular formula is C21H19N3O3S. The third-order valence-corrected chi connectivity index (χ3v) is 4.78. The van der Waals surface area contributed by atoms with Crippen LogP contribution < -0.4 is 20.1 Å². The SMILES string of the molecule is COc1ccccc1Oc1ccc(N[C@H](C)C(=O)Nc2sccc2C#N)cc1. The minimum atomic E-state index is -0.477. The Labute approximate surface area is 167 Å². The molecule has 1 heterocycles. The number of carbonyl (C=O) groups is 1. The average Bonchev–Trinajstić information content (AvgIpc) is 3.17. The lowest BCUT2D eigenvalue weighted by atomic mass is 10.2. The number of hydrogen-bond donors (Lipinski definition) is 2. The smallest absolute Gasteiger partial charge is 0.247 e. The van der Waals surface area contributed by atoms with Crippen LogP contribution in [0.3, 0.4) is 0 Å². The van der Waals surface area contributed by atoms with E-state index in [1.165, 1.54) is 11.3 Å². The highest BCUT2D eigenvalue weighted by molar-refractivity contribution is 7.14. The number of benzene rings is 2. The summed E-state index contributed by atoms with van der Waals surface area (Å²) >= 11 is 1.32. The molecule has 0 aliphatic rings. The van der Waals surface area contributed by atoms with Crippen molar-refractivity contribution in [3.63, 3.8) is 0 Å². The van der Waals surface area contributed by atoms with Crippen molar-refractivity contribution in [2.24, 2.45) is 0 Å². The van der Waals surface area contributed by atoms with Gasteiger partial charge in [-0.2, -0.15) is 5.26 Å². The van der Waals surface area contributed by atoms with Crippen LogP contribution in [0.4, 0.5) is 10.7 Å². The number of thiophene rings is 1. The van der Waals surface area contributed by atoms with Crippen molar-refractivity contribution in [1.82, 2.24) is 0 Å². The lowest BCUT2D eigenvalue weighted by molar-refractivity contribution is -0.116. The number of hydrogen-bond acceptors (Lipinski definition) is 6. The Hall–Kier alpha value is -3.50. The molecule has 3 rings (SSSR count). The molecule has 0 aliphatic heterocycles. The molecule has 142 valence electrons. The Morgan fingerprint density at radius 1 is 1.11 bits per heavy atom. The molecule has 0 aliphatic carbocycles. The number of nitrogens with one attached hydrogen (secondary N) is 2. The molecule has 2 aromatic carbocycles. The van der Waals surface area contributed by atoms with Gasteiger partial charge in [0.25, 0.3) is 0 Å². The second-order valence-corrected chi connectivity index (χ2v) is 6.82. The topological polar surface area (TPSA) is 83.4 Å². The zero-order chi connectivity index (χ0) is 19.9. The maximum atomic E-state index is 12.3. The van der Waals surface area contributed by atoms with Gasteiger partial charge in [0.2, 0.25) is 5.91 Å². The van der Waals surface area contributed by atoms with Crippen molar-refractivity contribution >= 4 is 27.9 Å². The standard InChI is InChI=1S/C21H19N3O3S/c1-14(20(25)24-21-15(13-22)11-12-28-21)23-16-7-9-17(10-8-16)27-19-6-4-3-5-18(19)26-2/h3-12,14,23H,1-2H3,(H,24,25)/t14-/m1/s1.